The van der Waals surface area contributed by atoms with E-state index in [1.807, 2.05) is 19.9 Å². The van der Waals surface area contributed by atoms with Crippen LogP contribution in [-0.2, 0) is 14.8 Å². The minimum absolute atomic E-state index is 0.0212. The van der Waals surface area contributed by atoms with Gasteiger partial charge in [-0.25, -0.2) is 13.1 Å². The molecule has 6 nitrogen and oxygen atoms in total. The maximum Gasteiger partial charge on any atom is 0.307 e. The topological polar surface area (TPSA) is 107 Å². The van der Waals surface area contributed by atoms with E-state index in [2.05, 4.69) is 20.7 Å². The van der Waals surface area contributed by atoms with Gasteiger partial charge in [-0.15, -0.1) is 0 Å². The molecule has 0 aliphatic rings. The highest BCUT2D eigenvalue weighted by molar-refractivity contribution is 9.10. The predicted molar refractivity (Wildman–Crippen MR) is 84.6 cm³/mol. The number of rotatable bonds is 7. The minimum atomic E-state index is -3.82. The summed E-state index contributed by atoms with van der Waals surface area (Å²) in [6.07, 6.45) is 0.384. The SMILES string of the molecule is CC(C)CC(CNS(=O)(=O)c1ccc(C#N)c(Br)c1)C(=O)O. The summed E-state index contributed by atoms with van der Waals surface area (Å²) in [5, 5.41) is 17.9. The highest BCUT2D eigenvalue weighted by atomic mass is 79.9. The van der Waals surface area contributed by atoms with Crippen molar-refractivity contribution in [3.63, 3.8) is 0 Å². The quantitative estimate of drug-likeness (QED) is 0.745. The summed E-state index contributed by atoms with van der Waals surface area (Å²) >= 11 is 3.13. The van der Waals surface area contributed by atoms with Crippen LogP contribution in [0.4, 0.5) is 0 Å². The number of nitrogens with zero attached hydrogens (tertiary/aromatic N) is 1. The Balaban J connectivity index is 2.89. The molecule has 22 heavy (non-hydrogen) atoms. The molecule has 0 aromatic heterocycles. The van der Waals surface area contributed by atoms with Crippen LogP contribution in [0.2, 0.25) is 0 Å². The van der Waals surface area contributed by atoms with Gasteiger partial charge >= 0.3 is 5.97 Å². The van der Waals surface area contributed by atoms with Gasteiger partial charge in [-0.3, -0.25) is 4.79 Å². The van der Waals surface area contributed by atoms with E-state index in [1.54, 1.807) is 0 Å². The zero-order valence-corrected chi connectivity index (χ0v) is 14.6. The van der Waals surface area contributed by atoms with Crippen molar-refractivity contribution >= 4 is 31.9 Å². The molecule has 0 fully saturated rings. The molecule has 0 heterocycles. The van der Waals surface area contributed by atoms with E-state index in [1.165, 1.54) is 18.2 Å². The Morgan fingerprint density at radius 1 is 1.45 bits per heavy atom. The third-order valence-electron chi connectivity index (χ3n) is 3.00. The van der Waals surface area contributed by atoms with Crippen LogP contribution in [0.15, 0.2) is 27.6 Å². The summed E-state index contributed by atoms with van der Waals surface area (Å²) in [5.74, 6) is -1.66. The first kappa shape index (κ1) is 18.6. The number of nitrogens with one attached hydrogen (secondary N) is 1. The highest BCUT2D eigenvalue weighted by Crippen LogP contribution is 2.21. The van der Waals surface area contributed by atoms with E-state index in [4.69, 9.17) is 10.4 Å². The number of sulfonamides is 1. The number of aliphatic carboxylic acids is 1. The Kier molecular flexibility index (Phi) is 6.53. The highest BCUT2D eigenvalue weighted by Gasteiger charge is 2.23. The zero-order valence-electron chi connectivity index (χ0n) is 12.2. The molecule has 1 atom stereocenters. The van der Waals surface area contributed by atoms with Gasteiger partial charge in [0.2, 0.25) is 10.0 Å². The number of benzene rings is 1. The zero-order chi connectivity index (χ0) is 16.9. The molecule has 2 N–H and O–H groups in total. The van der Waals surface area contributed by atoms with Crippen LogP contribution < -0.4 is 4.72 Å². The number of nitriles is 1. The fourth-order valence-electron chi connectivity index (χ4n) is 1.89. The lowest BCUT2D eigenvalue weighted by Gasteiger charge is -2.15. The number of carboxylic acid groups (broad SMARTS) is 1. The second-order valence-electron chi connectivity index (χ2n) is 5.27. The number of carboxylic acids is 1. The van der Waals surface area contributed by atoms with Crippen LogP contribution in [-0.4, -0.2) is 26.0 Å². The van der Waals surface area contributed by atoms with E-state index < -0.39 is 21.9 Å². The second-order valence-corrected chi connectivity index (χ2v) is 7.89. The fraction of sp³-hybridized carbons (Fsp3) is 0.429. The van der Waals surface area contributed by atoms with Crippen molar-refractivity contribution in [2.75, 3.05) is 6.54 Å². The Morgan fingerprint density at radius 2 is 2.09 bits per heavy atom. The lowest BCUT2D eigenvalue weighted by Crippen LogP contribution is -2.33. The van der Waals surface area contributed by atoms with Crippen molar-refractivity contribution in [3.05, 3.63) is 28.2 Å². The molecule has 8 heteroatoms. The summed E-state index contributed by atoms with van der Waals surface area (Å²) in [4.78, 5) is 11.1. The van der Waals surface area contributed by atoms with E-state index in [9.17, 15) is 13.2 Å². The largest absolute Gasteiger partial charge is 0.481 e. The van der Waals surface area contributed by atoms with Gasteiger partial charge in [-0.1, -0.05) is 13.8 Å². The second kappa shape index (κ2) is 7.72. The van der Waals surface area contributed by atoms with Gasteiger partial charge in [0.05, 0.1) is 16.4 Å². The molecule has 0 aliphatic heterocycles. The van der Waals surface area contributed by atoms with Gasteiger partial charge in [0.1, 0.15) is 6.07 Å². The fourth-order valence-corrected chi connectivity index (χ4v) is 3.61. The average molecular weight is 389 g/mol. The van der Waals surface area contributed by atoms with Crippen molar-refractivity contribution in [2.24, 2.45) is 11.8 Å². The lowest BCUT2D eigenvalue weighted by molar-refractivity contribution is -0.142. The molecule has 1 aromatic carbocycles. The molecule has 1 rings (SSSR count). The van der Waals surface area contributed by atoms with Crippen molar-refractivity contribution in [3.8, 4) is 6.07 Å². The monoisotopic (exact) mass is 388 g/mol. The summed E-state index contributed by atoms with van der Waals surface area (Å²) in [6.45, 7) is 3.58. The summed E-state index contributed by atoms with van der Waals surface area (Å²) < 4.78 is 27.1. The maximum absolute atomic E-state index is 12.2. The first-order chi connectivity index (χ1) is 10.2. The van der Waals surface area contributed by atoms with Gasteiger partial charge in [0.25, 0.3) is 0 Å². The molecule has 0 spiro atoms. The molecule has 0 radical (unpaired) electrons. The third kappa shape index (κ3) is 5.09. The molecule has 0 aliphatic carbocycles. The first-order valence-corrected chi connectivity index (χ1v) is 8.87. The molecule has 0 saturated heterocycles. The van der Waals surface area contributed by atoms with Gasteiger partial charge in [-0.2, -0.15) is 5.26 Å². The Bertz CT molecular complexity index is 695. The smallest absolute Gasteiger partial charge is 0.307 e. The minimum Gasteiger partial charge on any atom is -0.481 e. The van der Waals surface area contributed by atoms with Crippen LogP contribution in [0.5, 0.6) is 0 Å². The third-order valence-corrected chi connectivity index (χ3v) is 5.07. The van der Waals surface area contributed by atoms with Crippen LogP contribution >= 0.6 is 15.9 Å². The number of hydrogen-bond donors (Lipinski definition) is 2. The Labute approximate surface area is 138 Å². The predicted octanol–water partition coefficient (Wildman–Crippen LogP) is 2.35. The summed E-state index contributed by atoms with van der Waals surface area (Å²) in [6, 6.07) is 5.94. The molecule has 0 saturated carbocycles. The van der Waals surface area contributed by atoms with Crippen LogP contribution in [0.3, 0.4) is 0 Å². The number of halogens is 1. The number of carbonyl (C=O) groups is 1. The molecule has 120 valence electrons. The van der Waals surface area contributed by atoms with Crippen molar-refractivity contribution in [2.45, 2.75) is 25.2 Å². The van der Waals surface area contributed by atoms with Crippen LogP contribution in [0.1, 0.15) is 25.8 Å². The lowest BCUT2D eigenvalue weighted by atomic mass is 9.98. The summed E-state index contributed by atoms with van der Waals surface area (Å²) in [5.41, 5.74) is 0.321. The Hall–Kier alpha value is -1.43. The van der Waals surface area contributed by atoms with E-state index >= 15 is 0 Å². The van der Waals surface area contributed by atoms with E-state index in [0.29, 0.717) is 16.5 Å². The van der Waals surface area contributed by atoms with E-state index in [0.717, 1.165) is 0 Å². The van der Waals surface area contributed by atoms with Crippen LogP contribution in [0, 0.1) is 23.2 Å². The van der Waals surface area contributed by atoms with Gasteiger partial charge < -0.3 is 5.11 Å². The van der Waals surface area contributed by atoms with Crippen molar-refractivity contribution in [1.82, 2.24) is 4.72 Å². The van der Waals surface area contributed by atoms with Crippen LogP contribution in [0.25, 0.3) is 0 Å². The molecular formula is C14H17BrN2O4S. The normalized spacial score (nSPS) is 12.9. The van der Waals surface area contributed by atoms with Gasteiger partial charge in [0.15, 0.2) is 0 Å². The van der Waals surface area contributed by atoms with E-state index in [-0.39, 0.29) is 17.4 Å². The Morgan fingerprint density at radius 3 is 2.55 bits per heavy atom. The number of hydrogen-bond acceptors (Lipinski definition) is 4. The molecule has 0 bridgehead atoms. The molecule has 1 aromatic rings. The van der Waals surface area contributed by atoms with Gasteiger partial charge in [0, 0.05) is 11.0 Å². The summed E-state index contributed by atoms with van der Waals surface area (Å²) in [7, 11) is -3.82. The first-order valence-electron chi connectivity index (χ1n) is 6.59. The van der Waals surface area contributed by atoms with Crippen molar-refractivity contribution < 1.29 is 18.3 Å². The average Bonchev–Trinajstić information content (AvgIpc) is 2.42. The standard InChI is InChI=1S/C14H17BrN2O4S/c1-9(2)5-11(14(18)19)8-17-22(20,21)12-4-3-10(7-16)13(15)6-12/h3-4,6,9,11,17H,5,8H2,1-2H3,(H,18,19). The maximum atomic E-state index is 12.2. The van der Waals surface area contributed by atoms with Gasteiger partial charge in [-0.05, 0) is 46.5 Å². The molecule has 1 unspecified atom stereocenters. The molecular weight excluding hydrogens is 372 g/mol. The molecule has 0 amide bonds. The van der Waals surface area contributed by atoms with Crippen molar-refractivity contribution in [1.29, 1.82) is 5.26 Å².